The molecule has 0 N–H and O–H groups in total. The van der Waals surface area contributed by atoms with Crippen molar-refractivity contribution >= 4 is 17.6 Å². The van der Waals surface area contributed by atoms with Crippen molar-refractivity contribution in [3.05, 3.63) is 70.8 Å². The number of imide groups is 1. The summed E-state index contributed by atoms with van der Waals surface area (Å²) in [5, 5.41) is 0. The molecule has 0 saturated carbocycles. The van der Waals surface area contributed by atoms with Gasteiger partial charge in [-0.3, -0.25) is 4.79 Å². The second-order valence-corrected chi connectivity index (χ2v) is 7.06. The minimum absolute atomic E-state index is 0.192. The van der Waals surface area contributed by atoms with E-state index in [9.17, 15) is 9.59 Å². The highest BCUT2D eigenvalue weighted by atomic mass is 16.6. The molecule has 27 heavy (non-hydrogen) atoms. The van der Waals surface area contributed by atoms with Crippen molar-refractivity contribution in [2.24, 2.45) is 0 Å². The Morgan fingerprint density at radius 3 is 2.74 bits per heavy atom. The number of hydrogen-bond acceptors (Lipinski definition) is 4. The number of carbonyl (C=O) groups is 2. The maximum absolute atomic E-state index is 13.0. The number of cyclic esters (lactones) is 1. The first-order chi connectivity index (χ1) is 13.2. The summed E-state index contributed by atoms with van der Waals surface area (Å²) in [5.74, 6) is 0.600. The molecule has 3 aliphatic rings. The fourth-order valence-corrected chi connectivity index (χ4v) is 4.27. The number of nitrogens with zero attached hydrogens (tertiary/aromatic N) is 1. The Balaban J connectivity index is 1.49. The zero-order valence-corrected chi connectivity index (χ0v) is 14.8. The molecule has 0 spiro atoms. The molecule has 1 fully saturated rings. The second-order valence-electron chi connectivity index (χ2n) is 7.06. The van der Waals surface area contributed by atoms with Crippen molar-refractivity contribution in [1.82, 2.24) is 4.90 Å². The van der Waals surface area contributed by atoms with Crippen LogP contribution < -0.4 is 4.74 Å². The predicted molar refractivity (Wildman–Crippen MR) is 99.3 cm³/mol. The highest BCUT2D eigenvalue weighted by Gasteiger charge is 2.38. The molecule has 2 aromatic carbocycles. The van der Waals surface area contributed by atoms with Crippen molar-refractivity contribution in [2.45, 2.75) is 25.3 Å². The third kappa shape index (κ3) is 2.62. The van der Waals surface area contributed by atoms with Gasteiger partial charge in [-0.15, -0.1) is 0 Å². The van der Waals surface area contributed by atoms with Crippen LogP contribution in [0.1, 0.15) is 34.7 Å². The molecular formula is C22H19NO4. The molecule has 1 aliphatic carbocycles. The van der Waals surface area contributed by atoms with Crippen LogP contribution in [0.25, 0.3) is 5.57 Å². The molecule has 2 aliphatic heterocycles. The second kappa shape index (κ2) is 6.27. The van der Waals surface area contributed by atoms with Gasteiger partial charge < -0.3 is 9.47 Å². The van der Waals surface area contributed by atoms with E-state index in [0.717, 1.165) is 41.7 Å². The highest BCUT2D eigenvalue weighted by Crippen LogP contribution is 2.41. The Labute approximate surface area is 157 Å². The van der Waals surface area contributed by atoms with E-state index in [0.29, 0.717) is 6.61 Å². The summed E-state index contributed by atoms with van der Waals surface area (Å²) in [6.45, 7) is 0.874. The van der Waals surface area contributed by atoms with Crippen LogP contribution in [0.5, 0.6) is 5.75 Å². The minimum atomic E-state index is -0.578. The van der Waals surface area contributed by atoms with Gasteiger partial charge in [-0.1, -0.05) is 36.4 Å². The maximum Gasteiger partial charge on any atom is 0.417 e. The lowest BCUT2D eigenvalue weighted by molar-refractivity contribution is -0.124. The van der Waals surface area contributed by atoms with Gasteiger partial charge in [-0.25, -0.2) is 9.69 Å². The highest BCUT2D eigenvalue weighted by molar-refractivity contribution is 6.04. The summed E-state index contributed by atoms with van der Waals surface area (Å²) in [6, 6.07) is 13.3. The van der Waals surface area contributed by atoms with Gasteiger partial charge in [0.25, 0.3) is 5.91 Å². The van der Waals surface area contributed by atoms with Crippen LogP contribution in [0.15, 0.2) is 48.5 Å². The largest absolute Gasteiger partial charge is 0.493 e. The van der Waals surface area contributed by atoms with Gasteiger partial charge in [0.2, 0.25) is 0 Å². The molecule has 5 rings (SSSR count). The average molecular weight is 361 g/mol. The number of allylic oxidation sites excluding steroid dienone is 1. The van der Waals surface area contributed by atoms with Crippen LogP contribution in [-0.2, 0) is 22.4 Å². The first kappa shape index (κ1) is 16.1. The van der Waals surface area contributed by atoms with Crippen molar-refractivity contribution in [2.75, 3.05) is 13.2 Å². The van der Waals surface area contributed by atoms with Gasteiger partial charge in [0.15, 0.2) is 0 Å². The van der Waals surface area contributed by atoms with E-state index in [1.165, 1.54) is 16.0 Å². The normalized spacial score (nSPS) is 21.8. The average Bonchev–Trinajstić information content (AvgIpc) is 3.40. The predicted octanol–water partition coefficient (Wildman–Crippen LogP) is 3.67. The van der Waals surface area contributed by atoms with E-state index in [4.69, 9.17) is 9.47 Å². The standard InChI is InChI=1S/C22H19NO4/c24-20(23-18(13-27-22(23)25)14-4-2-1-3-5-14)12-16-7-6-15-8-9-19-17(21(15)16)10-11-26-19/h1-5,8-9,12,18H,6-7,10-11,13H2/b16-12+/t18-/m1/s1. The molecule has 2 heterocycles. The summed E-state index contributed by atoms with van der Waals surface area (Å²) < 4.78 is 10.9. The van der Waals surface area contributed by atoms with E-state index in [1.54, 1.807) is 6.08 Å². The first-order valence-electron chi connectivity index (χ1n) is 9.26. The monoisotopic (exact) mass is 361 g/mol. The molecule has 1 saturated heterocycles. The van der Waals surface area contributed by atoms with Crippen molar-refractivity contribution in [3.8, 4) is 5.75 Å². The number of amides is 2. The Kier molecular flexibility index (Phi) is 3.74. The Bertz CT molecular complexity index is 964. The van der Waals surface area contributed by atoms with Gasteiger partial charge in [0.05, 0.1) is 6.61 Å². The van der Waals surface area contributed by atoms with Gasteiger partial charge in [-0.05, 0) is 41.2 Å². The van der Waals surface area contributed by atoms with Crippen molar-refractivity contribution < 1.29 is 19.1 Å². The molecule has 0 aromatic heterocycles. The van der Waals surface area contributed by atoms with Gasteiger partial charge in [0.1, 0.15) is 18.4 Å². The van der Waals surface area contributed by atoms with Gasteiger partial charge in [-0.2, -0.15) is 0 Å². The van der Waals surface area contributed by atoms with Crippen LogP contribution in [0.4, 0.5) is 4.79 Å². The Morgan fingerprint density at radius 1 is 1.04 bits per heavy atom. The summed E-state index contributed by atoms with van der Waals surface area (Å²) in [4.78, 5) is 26.5. The SMILES string of the molecule is O=C(/C=C1\CCc2ccc3c(c21)CCO3)N1C(=O)OC[C@@H]1c1ccccc1. The smallest absolute Gasteiger partial charge is 0.417 e. The molecule has 0 bridgehead atoms. The Hall–Kier alpha value is -3.08. The number of hydrogen-bond donors (Lipinski definition) is 0. The molecular weight excluding hydrogens is 342 g/mol. The van der Waals surface area contributed by atoms with Crippen LogP contribution >= 0.6 is 0 Å². The first-order valence-corrected chi connectivity index (χ1v) is 9.26. The van der Waals surface area contributed by atoms with Crippen LogP contribution in [-0.4, -0.2) is 30.1 Å². The number of fused-ring (bicyclic) bond motifs is 3. The summed E-state index contributed by atoms with van der Waals surface area (Å²) in [7, 11) is 0. The summed E-state index contributed by atoms with van der Waals surface area (Å²) in [6.07, 6.45) is 3.62. The molecule has 5 heteroatoms. The van der Waals surface area contributed by atoms with Crippen molar-refractivity contribution in [3.63, 3.8) is 0 Å². The molecule has 2 amide bonds. The molecule has 5 nitrogen and oxygen atoms in total. The van der Waals surface area contributed by atoms with Gasteiger partial charge >= 0.3 is 6.09 Å². The number of aryl methyl sites for hydroxylation is 1. The van der Waals surface area contributed by atoms with Crippen LogP contribution in [0.2, 0.25) is 0 Å². The topological polar surface area (TPSA) is 55.8 Å². The lowest BCUT2D eigenvalue weighted by Gasteiger charge is -2.19. The molecule has 2 aromatic rings. The fraction of sp³-hybridized carbons (Fsp3) is 0.273. The molecule has 0 unspecified atom stereocenters. The van der Waals surface area contributed by atoms with E-state index in [-0.39, 0.29) is 18.6 Å². The quantitative estimate of drug-likeness (QED) is 0.766. The molecule has 136 valence electrons. The van der Waals surface area contributed by atoms with E-state index in [2.05, 4.69) is 6.07 Å². The number of rotatable bonds is 2. The lowest BCUT2D eigenvalue weighted by Crippen LogP contribution is -2.33. The summed E-state index contributed by atoms with van der Waals surface area (Å²) in [5.41, 5.74) is 5.47. The third-order valence-electron chi connectivity index (χ3n) is 5.54. The number of ether oxygens (including phenoxy) is 2. The maximum atomic E-state index is 13.0. The number of carbonyl (C=O) groups excluding carboxylic acids is 2. The van der Waals surface area contributed by atoms with E-state index >= 15 is 0 Å². The zero-order chi connectivity index (χ0) is 18.4. The minimum Gasteiger partial charge on any atom is -0.493 e. The Morgan fingerprint density at radius 2 is 1.89 bits per heavy atom. The van der Waals surface area contributed by atoms with Crippen LogP contribution in [0.3, 0.4) is 0 Å². The van der Waals surface area contributed by atoms with Gasteiger partial charge in [0, 0.05) is 18.1 Å². The van der Waals surface area contributed by atoms with E-state index in [1.807, 2.05) is 36.4 Å². The van der Waals surface area contributed by atoms with Crippen molar-refractivity contribution in [1.29, 1.82) is 0 Å². The summed E-state index contributed by atoms with van der Waals surface area (Å²) >= 11 is 0. The third-order valence-corrected chi connectivity index (χ3v) is 5.54. The lowest BCUT2D eigenvalue weighted by atomic mass is 9.98. The molecule has 1 atom stereocenters. The van der Waals surface area contributed by atoms with E-state index < -0.39 is 6.09 Å². The fourth-order valence-electron chi connectivity index (χ4n) is 4.27. The zero-order valence-electron chi connectivity index (χ0n) is 14.8. The molecule has 0 radical (unpaired) electrons. The van der Waals surface area contributed by atoms with Crippen LogP contribution in [0, 0.1) is 0 Å². The number of benzene rings is 2.